The van der Waals surface area contributed by atoms with Gasteiger partial charge in [-0.3, -0.25) is 14.2 Å². The van der Waals surface area contributed by atoms with Gasteiger partial charge >= 0.3 is 0 Å². The number of carbonyl (C=O) groups is 1. The number of nitrogens with zero attached hydrogens (tertiary/aromatic N) is 3. The van der Waals surface area contributed by atoms with Gasteiger partial charge in [0.25, 0.3) is 5.56 Å². The SMILES string of the molecule is Cc1cc(C(=O)CSc2nc3sc4c(c3c(=O)n2C2CCCC2)CCCC4)c(C)n1C. The minimum Gasteiger partial charge on any atom is -0.351 e. The van der Waals surface area contributed by atoms with E-state index in [0.29, 0.717) is 5.75 Å². The normalized spacial score (nSPS) is 16.9. The number of hydrogen-bond acceptors (Lipinski definition) is 5. The highest BCUT2D eigenvalue weighted by Crippen LogP contribution is 2.37. The van der Waals surface area contributed by atoms with Crippen LogP contribution in [0, 0.1) is 13.8 Å². The van der Waals surface area contributed by atoms with Gasteiger partial charge in [-0.2, -0.15) is 0 Å². The van der Waals surface area contributed by atoms with Crippen molar-refractivity contribution in [2.24, 2.45) is 7.05 Å². The number of fused-ring (bicyclic) bond motifs is 3. The summed E-state index contributed by atoms with van der Waals surface area (Å²) in [6.07, 6.45) is 8.77. The molecule has 5 rings (SSSR count). The van der Waals surface area contributed by atoms with E-state index >= 15 is 0 Å². The predicted octanol–water partition coefficient (Wildman–Crippen LogP) is 5.38. The molecule has 0 radical (unpaired) electrons. The van der Waals surface area contributed by atoms with Crippen LogP contribution in [0.5, 0.6) is 0 Å². The number of hydrogen-bond donors (Lipinski definition) is 0. The van der Waals surface area contributed by atoms with Crippen LogP contribution < -0.4 is 5.56 Å². The van der Waals surface area contributed by atoms with Crippen molar-refractivity contribution in [1.82, 2.24) is 14.1 Å². The molecule has 0 spiro atoms. The average molecular weight is 456 g/mol. The third-order valence-corrected chi connectivity index (χ3v) is 9.22. The summed E-state index contributed by atoms with van der Waals surface area (Å²) >= 11 is 3.13. The lowest BCUT2D eigenvalue weighted by Crippen LogP contribution is -2.27. The van der Waals surface area contributed by atoms with E-state index in [1.54, 1.807) is 11.3 Å². The summed E-state index contributed by atoms with van der Waals surface area (Å²) in [6.45, 7) is 4.00. The lowest BCUT2D eigenvalue weighted by molar-refractivity contribution is 0.102. The molecule has 2 aliphatic rings. The van der Waals surface area contributed by atoms with Crippen LogP contribution in [0.3, 0.4) is 0 Å². The molecular weight excluding hydrogens is 426 g/mol. The zero-order chi connectivity index (χ0) is 21.7. The summed E-state index contributed by atoms with van der Waals surface area (Å²) in [6, 6.07) is 2.17. The fraction of sp³-hybridized carbons (Fsp3) is 0.542. The highest BCUT2D eigenvalue weighted by atomic mass is 32.2. The molecule has 1 fully saturated rings. The molecule has 3 aromatic heterocycles. The Kier molecular flexibility index (Phi) is 5.59. The van der Waals surface area contributed by atoms with Crippen LogP contribution >= 0.6 is 23.1 Å². The minimum atomic E-state index is 0.101. The molecule has 2 aliphatic carbocycles. The highest BCUT2D eigenvalue weighted by molar-refractivity contribution is 7.99. The van der Waals surface area contributed by atoms with Crippen LogP contribution in [-0.4, -0.2) is 25.7 Å². The zero-order valence-electron chi connectivity index (χ0n) is 18.5. The highest BCUT2D eigenvalue weighted by Gasteiger charge is 2.27. The molecule has 3 aromatic rings. The maximum atomic E-state index is 13.7. The third-order valence-electron chi connectivity index (χ3n) is 7.09. The van der Waals surface area contributed by atoms with Gasteiger partial charge in [-0.1, -0.05) is 24.6 Å². The summed E-state index contributed by atoms with van der Waals surface area (Å²) < 4.78 is 3.99. The Morgan fingerprint density at radius 1 is 1.19 bits per heavy atom. The molecule has 0 aliphatic heterocycles. The molecule has 0 saturated heterocycles. The van der Waals surface area contributed by atoms with Crippen molar-refractivity contribution < 1.29 is 4.79 Å². The average Bonchev–Trinajstić information content (AvgIpc) is 3.47. The smallest absolute Gasteiger partial charge is 0.263 e. The molecule has 0 amide bonds. The Balaban J connectivity index is 1.54. The number of rotatable bonds is 5. The van der Waals surface area contributed by atoms with E-state index in [4.69, 9.17) is 4.98 Å². The standard InChI is InChI=1S/C24H29N3O2S2/c1-14-12-18(15(2)26(14)3)19(28)13-30-24-25-22-21(17-10-6-7-11-20(17)31-22)23(29)27(24)16-8-4-5-9-16/h12,16H,4-11,13H2,1-3H3. The summed E-state index contributed by atoms with van der Waals surface area (Å²) in [5, 5.41) is 1.58. The number of ketones is 1. The van der Waals surface area contributed by atoms with Crippen LogP contribution in [-0.2, 0) is 19.9 Å². The summed E-state index contributed by atoms with van der Waals surface area (Å²) in [7, 11) is 1.99. The molecular formula is C24H29N3O2S2. The largest absolute Gasteiger partial charge is 0.351 e. The summed E-state index contributed by atoms with van der Waals surface area (Å²) in [5.41, 5.74) is 4.22. The molecule has 0 bridgehead atoms. The van der Waals surface area contributed by atoms with Crippen molar-refractivity contribution in [3.05, 3.63) is 43.8 Å². The Bertz CT molecular complexity index is 1230. The number of aryl methyl sites for hydroxylation is 3. The fourth-order valence-corrected chi connectivity index (χ4v) is 7.38. The number of thiophene rings is 1. The number of Topliss-reactive ketones (excluding diaryl/α,β-unsaturated/α-hetero) is 1. The van der Waals surface area contributed by atoms with Crippen molar-refractivity contribution in [3.8, 4) is 0 Å². The predicted molar refractivity (Wildman–Crippen MR) is 128 cm³/mol. The number of aromatic nitrogens is 3. The maximum absolute atomic E-state index is 13.7. The van der Waals surface area contributed by atoms with E-state index < -0.39 is 0 Å². The van der Waals surface area contributed by atoms with Crippen molar-refractivity contribution in [3.63, 3.8) is 0 Å². The molecule has 0 unspecified atom stereocenters. The Morgan fingerprint density at radius 2 is 1.94 bits per heavy atom. The molecule has 3 heterocycles. The van der Waals surface area contributed by atoms with E-state index in [-0.39, 0.29) is 17.4 Å². The molecule has 0 N–H and O–H groups in total. The van der Waals surface area contributed by atoms with E-state index in [1.807, 2.05) is 36.1 Å². The van der Waals surface area contributed by atoms with Crippen molar-refractivity contribution in [2.75, 3.05) is 5.75 Å². The molecule has 1 saturated carbocycles. The summed E-state index contributed by atoms with van der Waals surface area (Å²) in [4.78, 5) is 33.9. The second-order valence-electron chi connectivity index (χ2n) is 8.95. The van der Waals surface area contributed by atoms with Crippen LogP contribution in [0.4, 0.5) is 0 Å². The van der Waals surface area contributed by atoms with E-state index in [1.165, 1.54) is 28.6 Å². The molecule has 7 heteroatoms. The number of carbonyl (C=O) groups excluding carboxylic acids is 1. The van der Waals surface area contributed by atoms with Gasteiger partial charge in [-0.05, 0) is 64.0 Å². The van der Waals surface area contributed by atoms with Gasteiger partial charge < -0.3 is 4.57 Å². The second-order valence-corrected chi connectivity index (χ2v) is 11.0. The Morgan fingerprint density at radius 3 is 2.65 bits per heavy atom. The number of thioether (sulfide) groups is 1. The molecule has 164 valence electrons. The van der Waals surface area contributed by atoms with Gasteiger partial charge in [-0.15, -0.1) is 11.3 Å². The summed E-state index contributed by atoms with van der Waals surface area (Å²) in [5.74, 6) is 0.407. The lowest BCUT2D eigenvalue weighted by Gasteiger charge is -2.18. The van der Waals surface area contributed by atoms with Gasteiger partial charge in [0.2, 0.25) is 0 Å². The first-order valence-electron chi connectivity index (χ1n) is 11.3. The van der Waals surface area contributed by atoms with Gasteiger partial charge in [-0.25, -0.2) is 4.98 Å². The Hall–Kier alpha value is -1.86. The Labute approximate surface area is 190 Å². The first-order valence-corrected chi connectivity index (χ1v) is 13.1. The van der Waals surface area contributed by atoms with E-state index in [9.17, 15) is 9.59 Å². The van der Waals surface area contributed by atoms with Crippen LogP contribution in [0.1, 0.15) is 76.8 Å². The quantitative estimate of drug-likeness (QED) is 0.294. The minimum absolute atomic E-state index is 0.101. The molecule has 5 nitrogen and oxygen atoms in total. The van der Waals surface area contributed by atoms with Crippen LogP contribution in [0.15, 0.2) is 16.0 Å². The first-order chi connectivity index (χ1) is 15.0. The van der Waals surface area contributed by atoms with E-state index in [0.717, 1.165) is 77.3 Å². The second kappa shape index (κ2) is 8.24. The van der Waals surface area contributed by atoms with Gasteiger partial charge in [0.1, 0.15) is 4.83 Å². The van der Waals surface area contributed by atoms with Crippen molar-refractivity contribution >= 4 is 39.1 Å². The maximum Gasteiger partial charge on any atom is 0.263 e. The first kappa shape index (κ1) is 21.0. The van der Waals surface area contributed by atoms with Crippen LogP contribution in [0.2, 0.25) is 0 Å². The van der Waals surface area contributed by atoms with E-state index in [2.05, 4.69) is 0 Å². The molecule has 31 heavy (non-hydrogen) atoms. The fourth-order valence-electron chi connectivity index (χ4n) is 5.13. The van der Waals surface area contributed by atoms with Crippen molar-refractivity contribution in [1.29, 1.82) is 0 Å². The molecule has 0 atom stereocenters. The lowest BCUT2D eigenvalue weighted by atomic mass is 9.97. The van der Waals surface area contributed by atoms with Crippen LogP contribution in [0.25, 0.3) is 10.2 Å². The third kappa shape index (κ3) is 3.59. The topological polar surface area (TPSA) is 56.9 Å². The van der Waals surface area contributed by atoms with Gasteiger partial charge in [0.05, 0.1) is 11.1 Å². The van der Waals surface area contributed by atoms with Crippen molar-refractivity contribution in [2.45, 2.75) is 76.4 Å². The monoisotopic (exact) mass is 455 g/mol. The molecule has 0 aromatic carbocycles. The zero-order valence-corrected chi connectivity index (χ0v) is 20.1. The van der Waals surface area contributed by atoms with Gasteiger partial charge in [0, 0.05) is 34.9 Å². The van der Waals surface area contributed by atoms with Gasteiger partial charge in [0.15, 0.2) is 10.9 Å².